The number of carbonyl (C=O) groups is 1. The lowest BCUT2D eigenvalue weighted by molar-refractivity contribution is -0.120. The predicted molar refractivity (Wildman–Crippen MR) is 98.1 cm³/mol. The zero-order chi connectivity index (χ0) is 16.7. The fourth-order valence-electron chi connectivity index (χ4n) is 2.85. The van der Waals surface area contributed by atoms with E-state index in [1.165, 1.54) is 5.56 Å². The molecule has 0 spiro atoms. The van der Waals surface area contributed by atoms with Gasteiger partial charge >= 0.3 is 0 Å². The van der Waals surface area contributed by atoms with Crippen molar-refractivity contribution in [2.75, 3.05) is 13.1 Å². The number of nitrogens with one attached hydrogen (secondary N) is 2. The number of hydrogen-bond donors (Lipinski definition) is 2. The van der Waals surface area contributed by atoms with E-state index in [2.05, 4.69) is 39.8 Å². The van der Waals surface area contributed by atoms with Gasteiger partial charge in [0, 0.05) is 32.1 Å². The summed E-state index contributed by atoms with van der Waals surface area (Å²) in [5.74, 6) is 0.345. The van der Waals surface area contributed by atoms with E-state index in [1.807, 2.05) is 19.9 Å². The molecule has 2 rings (SSSR count). The van der Waals surface area contributed by atoms with Gasteiger partial charge < -0.3 is 10.6 Å². The van der Waals surface area contributed by atoms with Crippen molar-refractivity contribution in [2.45, 2.75) is 45.7 Å². The Bertz CT molecular complexity index is 510. The highest BCUT2D eigenvalue weighted by Crippen LogP contribution is 2.13. The number of benzene rings is 1. The number of likely N-dealkylation sites (tertiary alicyclic amines) is 1. The molecule has 5 heteroatoms. The fourth-order valence-corrected chi connectivity index (χ4v) is 3.13. The molecule has 2 N–H and O–H groups in total. The highest BCUT2D eigenvalue weighted by Gasteiger charge is 2.20. The summed E-state index contributed by atoms with van der Waals surface area (Å²) in [4.78, 5) is 14.2. The van der Waals surface area contributed by atoms with Gasteiger partial charge in [0.2, 0.25) is 5.91 Å². The van der Waals surface area contributed by atoms with Crippen molar-refractivity contribution in [1.29, 1.82) is 0 Å². The molecule has 0 bridgehead atoms. The van der Waals surface area contributed by atoms with Crippen LogP contribution in [0.2, 0.25) is 0 Å². The van der Waals surface area contributed by atoms with E-state index in [-0.39, 0.29) is 5.91 Å². The maximum absolute atomic E-state index is 11.7. The quantitative estimate of drug-likeness (QED) is 0.813. The van der Waals surface area contributed by atoms with Crippen LogP contribution in [-0.4, -0.2) is 35.1 Å². The van der Waals surface area contributed by atoms with Gasteiger partial charge in [0.15, 0.2) is 5.11 Å². The second-order valence-electron chi connectivity index (χ2n) is 6.66. The van der Waals surface area contributed by atoms with Crippen LogP contribution in [-0.2, 0) is 11.3 Å². The topological polar surface area (TPSA) is 44.4 Å². The molecule has 1 saturated heterocycles. The van der Waals surface area contributed by atoms with Crippen LogP contribution in [0.1, 0.15) is 38.7 Å². The van der Waals surface area contributed by atoms with Crippen LogP contribution in [0.3, 0.4) is 0 Å². The van der Waals surface area contributed by atoms with E-state index in [0.29, 0.717) is 23.5 Å². The molecule has 0 saturated carbocycles. The number of piperidine rings is 1. The SMILES string of the molecule is CC(C)CC(=O)NC(=S)NC1CCN(Cc2ccccc2)CC1. The molecule has 0 unspecified atom stereocenters. The summed E-state index contributed by atoms with van der Waals surface area (Å²) in [5.41, 5.74) is 1.36. The minimum Gasteiger partial charge on any atom is -0.360 e. The van der Waals surface area contributed by atoms with Crippen molar-refractivity contribution in [2.24, 2.45) is 5.92 Å². The lowest BCUT2D eigenvalue weighted by atomic mass is 10.0. The Morgan fingerprint density at radius 2 is 1.91 bits per heavy atom. The first-order valence-electron chi connectivity index (χ1n) is 8.39. The largest absolute Gasteiger partial charge is 0.360 e. The third-order valence-electron chi connectivity index (χ3n) is 4.02. The van der Waals surface area contributed by atoms with E-state index in [4.69, 9.17) is 12.2 Å². The molecule has 1 aliphatic heterocycles. The van der Waals surface area contributed by atoms with Crippen LogP contribution >= 0.6 is 12.2 Å². The second kappa shape index (κ2) is 8.99. The standard InChI is InChI=1S/C18H27N3OS/c1-14(2)12-17(22)20-18(23)19-16-8-10-21(11-9-16)13-15-6-4-3-5-7-15/h3-7,14,16H,8-13H2,1-2H3,(H2,19,20,22,23). The third-order valence-corrected chi connectivity index (χ3v) is 4.24. The number of hydrogen-bond acceptors (Lipinski definition) is 3. The molecular formula is C18H27N3OS. The molecule has 0 aliphatic carbocycles. The Balaban J connectivity index is 1.68. The molecule has 1 heterocycles. The average Bonchev–Trinajstić information content (AvgIpc) is 2.49. The van der Waals surface area contributed by atoms with Crippen LogP contribution in [0.25, 0.3) is 0 Å². The minimum absolute atomic E-state index is 0.000913. The van der Waals surface area contributed by atoms with E-state index < -0.39 is 0 Å². The van der Waals surface area contributed by atoms with Crippen molar-refractivity contribution < 1.29 is 4.79 Å². The van der Waals surface area contributed by atoms with E-state index in [9.17, 15) is 4.79 Å². The van der Waals surface area contributed by atoms with Gasteiger partial charge in [-0.15, -0.1) is 0 Å². The van der Waals surface area contributed by atoms with Gasteiger partial charge in [-0.2, -0.15) is 0 Å². The number of nitrogens with zero attached hydrogens (tertiary/aromatic N) is 1. The van der Waals surface area contributed by atoms with E-state index in [1.54, 1.807) is 0 Å². The average molecular weight is 334 g/mol. The number of rotatable bonds is 5. The van der Waals surface area contributed by atoms with Gasteiger partial charge in [0.1, 0.15) is 0 Å². The Labute approximate surface area is 144 Å². The van der Waals surface area contributed by atoms with Crippen LogP contribution in [0.15, 0.2) is 30.3 Å². The van der Waals surface area contributed by atoms with Crippen LogP contribution in [0.5, 0.6) is 0 Å². The monoisotopic (exact) mass is 333 g/mol. The summed E-state index contributed by atoms with van der Waals surface area (Å²) in [6.45, 7) is 7.16. The summed E-state index contributed by atoms with van der Waals surface area (Å²) in [7, 11) is 0. The number of thiocarbonyl (C=S) groups is 1. The van der Waals surface area contributed by atoms with Crippen molar-refractivity contribution in [1.82, 2.24) is 15.5 Å². The van der Waals surface area contributed by atoms with Crippen LogP contribution < -0.4 is 10.6 Å². The zero-order valence-corrected chi connectivity index (χ0v) is 14.9. The molecule has 0 aromatic heterocycles. The molecular weight excluding hydrogens is 306 g/mol. The Morgan fingerprint density at radius 3 is 2.52 bits per heavy atom. The highest BCUT2D eigenvalue weighted by atomic mass is 32.1. The maximum Gasteiger partial charge on any atom is 0.226 e. The van der Waals surface area contributed by atoms with Gasteiger partial charge in [-0.1, -0.05) is 44.2 Å². The first-order chi connectivity index (χ1) is 11.0. The highest BCUT2D eigenvalue weighted by molar-refractivity contribution is 7.80. The van der Waals surface area contributed by atoms with Gasteiger partial charge in [-0.25, -0.2) is 0 Å². The van der Waals surface area contributed by atoms with Crippen molar-refractivity contribution in [3.8, 4) is 0 Å². The second-order valence-corrected chi connectivity index (χ2v) is 7.06. The normalized spacial score (nSPS) is 16.3. The molecule has 1 aromatic carbocycles. The Morgan fingerprint density at radius 1 is 1.26 bits per heavy atom. The van der Waals surface area contributed by atoms with Crippen molar-refractivity contribution >= 4 is 23.2 Å². The predicted octanol–water partition coefficient (Wildman–Crippen LogP) is 2.69. The lowest BCUT2D eigenvalue weighted by Crippen LogP contribution is -2.48. The molecule has 1 amide bonds. The van der Waals surface area contributed by atoms with Gasteiger partial charge in [-0.05, 0) is 36.5 Å². The molecule has 0 radical (unpaired) electrons. The first-order valence-corrected chi connectivity index (χ1v) is 8.80. The van der Waals surface area contributed by atoms with Gasteiger partial charge in [0.25, 0.3) is 0 Å². The molecule has 1 aromatic rings. The molecule has 1 fully saturated rings. The lowest BCUT2D eigenvalue weighted by Gasteiger charge is -2.32. The fraction of sp³-hybridized carbons (Fsp3) is 0.556. The van der Waals surface area contributed by atoms with E-state index >= 15 is 0 Å². The molecule has 0 atom stereocenters. The number of carbonyl (C=O) groups excluding carboxylic acids is 1. The smallest absolute Gasteiger partial charge is 0.226 e. The van der Waals surface area contributed by atoms with Crippen molar-refractivity contribution in [3.05, 3.63) is 35.9 Å². The molecule has 23 heavy (non-hydrogen) atoms. The van der Waals surface area contributed by atoms with Crippen LogP contribution in [0, 0.1) is 5.92 Å². The Hall–Kier alpha value is -1.46. The zero-order valence-electron chi connectivity index (χ0n) is 14.0. The molecule has 4 nitrogen and oxygen atoms in total. The molecule has 1 aliphatic rings. The van der Waals surface area contributed by atoms with Crippen molar-refractivity contribution in [3.63, 3.8) is 0 Å². The summed E-state index contributed by atoms with van der Waals surface area (Å²) in [5, 5.41) is 6.53. The first kappa shape index (κ1) is 17.9. The summed E-state index contributed by atoms with van der Waals surface area (Å²) in [6, 6.07) is 10.9. The van der Waals surface area contributed by atoms with Gasteiger partial charge in [0.05, 0.1) is 0 Å². The third kappa shape index (κ3) is 6.67. The maximum atomic E-state index is 11.7. The summed E-state index contributed by atoms with van der Waals surface area (Å²) in [6.07, 6.45) is 2.61. The van der Waals surface area contributed by atoms with Crippen LogP contribution in [0.4, 0.5) is 0 Å². The van der Waals surface area contributed by atoms with E-state index in [0.717, 1.165) is 32.5 Å². The summed E-state index contributed by atoms with van der Waals surface area (Å²) < 4.78 is 0. The molecule has 126 valence electrons. The Kier molecular flexibility index (Phi) is 6.99. The number of amides is 1. The van der Waals surface area contributed by atoms with Gasteiger partial charge in [-0.3, -0.25) is 9.69 Å². The minimum atomic E-state index is -0.000913. The summed E-state index contributed by atoms with van der Waals surface area (Å²) >= 11 is 5.24.